The first-order chi connectivity index (χ1) is 12.3. The Kier molecular flexibility index (Phi) is 8.20. The number of aromatic nitrogens is 1. The van der Waals surface area contributed by atoms with Gasteiger partial charge in [-0.3, -0.25) is 0 Å². The minimum atomic E-state index is -1.08. The third kappa shape index (κ3) is 6.15. The largest absolute Gasteiger partial charge is 0.463 e. The van der Waals surface area contributed by atoms with Gasteiger partial charge in [-0.2, -0.15) is 0 Å². The quantitative estimate of drug-likeness (QED) is 0.495. The van der Waals surface area contributed by atoms with E-state index in [0.717, 1.165) is 6.20 Å². The van der Waals surface area contributed by atoms with Crippen molar-refractivity contribution in [3.8, 4) is 0 Å². The summed E-state index contributed by atoms with van der Waals surface area (Å²) in [4.78, 5) is 50.5. The first-order valence-electron chi connectivity index (χ1n) is 8.01. The fourth-order valence-corrected chi connectivity index (χ4v) is 1.70. The number of carbonyl (C=O) groups excluding carboxylic acids is 4. The lowest BCUT2D eigenvalue weighted by Gasteiger charge is -2.12. The lowest BCUT2D eigenvalue weighted by molar-refractivity contribution is -0.153. The van der Waals surface area contributed by atoms with Crippen LogP contribution in [0.2, 0.25) is 0 Å². The van der Waals surface area contributed by atoms with E-state index in [1.54, 1.807) is 13.8 Å². The van der Waals surface area contributed by atoms with Gasteiger partial charge in [0.15, 0.2) is 12.2 Å². The zero-order chi connectivity index (χ0) is 19.7. The van der Waals surface area contributed by atoms with Crippen molar-refractivity contribution in [1.82, 2.24) is 4.98 Å². The first kappa shape index (κ1) is 21.1. The average Bonchev–Trinajstić information content (AvgIpc) is 2.62. The molecule has 1 aromatic rings. The van der Waals surface area contributed by atoms with Gasteiger partial charge >= 0.3 is 23.9 Å². The molecule has 0 N–H and O–H groups in total. The van der Waals surface area contributed by atoms with Gasteiger partial charge in [0, 0.05) is 6.20 Å². The molecule has 0 saturated carbocycles. The van der Waals surface area contributed by atoms with E-state index >= 15 is 0 Å². The predicted octanol–water partition coefficient (Wildman–Crippen LogP) is 1.30. The molecule has 0 amide bonds. The minimum Gasteiger partial charge on any atom is -0.463 e. The average molecular weight is 367 g/mol. The highest BCUT2D eigenvalue weighted by molar-refractivity contribution is 5.93. The van der Waals surface area contributed by atoms with Crippen molar-refractivity contribution in [1.29, 1.82) is 0 Å². The van der Waals surface area contributed by atoms with Crippen LogP contribution in [0.3, 0.4) is 0 Å². The number of hydrogen-bond acceptors (Lipinski definition) is 9. The van der Waals surface area contributed by atoms with Crippen LogP contribution in [0.15, 0.2) is 18.3 Å². The molecular weight excluding hydrogens is 346 g/mol. The van der Waals surface area contributed by atoms with Gasteiger partial charge in [-0.1, -0.05) is 0 Å². The van der Waals surface area contributed by atoms with E-state index in [0.29, 0.717) is 0 Å². The fraction of sp³-hybridized carbons (Fsp3) is 0.471. The Balaban J connectivity index is 2.67. The Morgan fingerprint density at radius 1 is 0.885 bits per heavy atom. The van der Waals surface area contributed by atoms with Gasteiger partial charge in [0.25, 0.3) is 0 Å². The highest BCUT2D eigenvalue weighted by atomic mass is 16.6. The van der Waals surface area contributed by atoms with Crippen molar-refractivity contribution in [3.63, 3.8) is 0 Å². The van der Waals surface area contributed by atoms with E-state index in [-0.39, 0.29) is 24.5 Å². The summed E-state index contributed by atoms with van der Waals surface area (Å²) in [5, 5.41) is 0. The number of hydrogen-bond donors (Lipinski definition) is 0. The normalized spacial score (nSPS) is 12.5. The number of pyridine rings is 1. The van der Waals surface area contributed by atoms with Crippen LogP contribution < -0.4 is 0 Å². The summed E-state index contributed by atoms with van der Waals surface area (Å²) in [6.45, 7) is 6.36. The van der Waals surface area contributed by atoms with Gasteiger partial charge in [-0.05, 0) is 39.8 Å². The standard InChI is InChI=1S/C17H21NO8/c1-5-23-14(19)10(3)25-16(21)12-7-8-13(18-9-12)17(22)26-11(4)15(20)24-6-2/h7-11H,5-6H2,1-4H3/t10-,11+/m1/s1. The van der Waals surface area contributed by atoms with E-state index in [9.17, 15) is 19.2 Å². The van der Waals surface area contributed by atoms with E-state index in [1.165, 1.54) is 26.0 Å². The van der Waals surface area contributed by atoms with Crippen LogP contribution in [-0.2, 0) is 28.5 Å². The highest BCUT2D eigenvalue weighted by Gasteiger charge is 2.22. The Bertz CT molecular complexity index is 598. The molecule has 0 unspecified atom stereocenters. The van der Waals surface area contributed by atoms with Crippen LogP contribution in [0, 0.1) is 0 Å². The van der Waals surface area contributed by atoms with Gasteiger partial charge in [-0.25, -0.2) is 24.2 Å². The molecule has 26 heavy (non-hydrogen) atoms. The summed E-state index contributed by atoms with van der Waals surface area (Å²) in [5.74, 6) is -2.97. The molecule has 0 fully saturated rings. The second-order valence-electron chi connectivity index (χ2n) is 5.03. The predicted molar refractivity (Wildman–Crippen MR) is 87.3 cm³/mol. The number of ether oxygens (including phenoxy) is 4. The van der Waals surface area contributed by atoms with Crippen LogP contribution >= 0.6 is 0 Å². The molecule has 1 rings (SSSR count). The van der Waals surface area contributed by atoms with E-state index < -0.39 is 36.1 Å². The van der Waals surface area contributed by atoms with Crippen LogP contribution in [0.1, 0.15) is 48.5 Å². The van der Waals surface area contributed by atoms with Crippen molar-refractivity contribution in [3.05, 3.63) is 29.6 Å². The molecule has 9 nitrogen and oxygen atoms in total. The van der Waals surface area contributed by atoms with E-state index in [1.807, 2.05) is 0 Å². The molecule has 1 aromatic heterocycles. The Hall–Kier alpha value is -2.97. The third-order valence-electron chi connectivity index (χ3n) is 3.01. The molecule has 0 aliphatic rings. The molecule has 142 valence electrons. The fourth-order valence-electron chi connectivity index (χ4n) is 1.70. The Morgan fingerprint density at radius 2 is 1.38 bits per heavy atom. The maximum Gasteiger partial charge on any atom is 0.357 e. The molecule has 0 aromatic carbocycles. The SMILES string of the molecule is CCOC(=O)[C@H](C)OC(=O)c1ccc(C(=O)O[C@H](C)C(=O)OCC)cn1. The van der Waals surface area contributed by atoms with Crippen LogP contribution in [0.25, 0.3) is 0 Å². The van der Waals surface area contributed by atoms with Gasteiger partial charge in [-0.15, -0.1) is 0 Å². The molecule has 0 radical (unpaired) electrons. The molecule has 0 bridgehead atoms. The first-order valence-corrected chi connectivity index (χ1v) is 8.01. The van der Waals surface area contributed by atoms with Gasteiger partial charge < -0.3 is 18.9 Å². The molecule has 0 saturated heterocycles. The zero-order valence-electron chi connectivity index (χ0n) is 15.0. The highest BCUT2D eigenvalue weighted by Crippen LogP contribution is 2.08. The van der Waals surface area contributed by atoms with Gasteiger partial charge in [0.2, 0.25) is 0 Å². The Labute approximate surface area is 150 Å². The van der Waals surface area contributed by atoms with E-state index in [4.69, 9.17) is 18.9 Å². The van der Waals surface area contributed by atoms with Crippen molar-refractivity contribution >= 4 is 23.9 Å². The monoisotopic (exact) mass is 367 g/mol. The molecule has 0 aliphatic carbocycles. The number of nitrogens with zero attached hydrogens (tertiary/aromatic N) is 1. The smallest absolute Gasteiger partial charge is 0.357 e. The number of rotatable bonds is 8. The topological polar surface area (TPSA) is 118 Å². The molecule has 2 atom stereocenters. The number of carbonyl (C=O) groups is 4. The maximum atomic E-state index is 11.9. The summed E-state index contributed by atoms with van der Waals surface area (Å²) in [5.41, 5.74) is -0.0627. The molecule has 0 spiro atoms. The van der Waals surface area contributed by atoms with Gasteiger partial charge in [0.1, 0.15) is 5.69 Å². The lowest BCUT2D eigenvalue weighted by Crippen LogP contribution is -2.27. The lowest BCUT2D eigenvalue weighted by atomic mass is 10.2. The molecule has 0 aliphatic heterocycles. The van der Waals surface area contributed by atoms with Crippen molar-refractivity contribution in [2.75, 3.05) is 13.2 Å². The Morgan fingerprint density at radius 3 is 1.81 bits per heavy atom. The van der Waals surface area contributed by atoms with Crippen LogP contribution in [-0.4, -0.2) is 54.3 Å². The molecule has 1 heterocycles. The van der Waals surface area contributed by atoms with Crippen molar-refractivity contribution < 1.29 is 38.1 Å². The minimum absolute atomic E-state index is 0.0381. The van der Waals surface area contributed by atoms with Crippen molar-refractivity contribution in [2.24, 2.45) is 0 Å². The summed E-state index contributed by atoms with van der Waals surface area (Å²) < 4.78 is 19.3. The zero-order valence-corrected chi connectivity index (χ0v) is 15.0. The van der Waals surface area contributed by atoms with Gasteiger partial charge in [0.05, 0.1) is 18.8 Å². The summed E-state index contributed by atoms with van der Waals surface area (Å²) in [6.07, 6.45) is -1.05. The number of esters is 4. The van der Waals surface area contributed by atoms with Crippen molar-refractivity contribution in [2.45, 2.75) is 39.9 Å². The molecule has 9 heteroatoms. The van der Waals surface area contributed by atoms with Crippen LogP contribution in [0.5, 0.6) is 0 Å². The van der Waals surface area contributed by atoms with Crippen LogP contribution in [0.4, 0.5) is 0 Å². The second-order valence-corrected chi connectivity index (χ2v) is 5.03. The summed E-state index contributed by atoms with van der Waals surface area (Å²) in [6, 6.07) is 2.53. The summed E-state index contributed by atoms with van der Waals surface area (Å²) >= 11 is 0. The van der Waals surface area contributed by atoms with E-state index in [2.05, 4.69) is 4.98 Å². The maximum absolute atomic E-state index is 11.9. The second kappa shape index (κ2) is 10.1. The molecular formula is C17H21NO8. The third-order valence-corrected chi connectivity index (χ3v) is 3.01. The summed E-state index contributed by atoms with van der Waals surface area (Å²) in [7, 11) is 0.